The zero-order valence-electron chi connectivity index (χ0n) is 8.55. The number of halogens is 3. The Bertz CT molecular complexity index is 438. The molecule has 16 heavy (non-hydrogen) atoms. The van der Waals surface area contributed by atoms with Crippen molar-refractivity contribution in [2.45, 2.75) is 19.9 Å². The number of nitro groups is 1. The molecule has 0 saturated carbocycles. The van der Waals surface area contributed by atoms with E-state index in [0.29, 0.717) is 0 Å². The number of nitrogens with zero attached hydrogens (tertiary/aromatic N) is 1. The van der Waals surface area contributed by atoms with E-state index in [-0.39, 0.29) is 10.5 Å². The highest BCUT2D eigenvalue weighted by Crippen LogP contribution is 2.34. The van der Waals surface area contributed by atoms with E-state index in [1.54, 1.807) is 13.8 Å². The SMILES string of the molecule is CC(C)Nc1c([N+](=O)[O-])cc(Br)c(F)c1F. The van der Waals surface area contributed by atoms with Crippen LogP contribution in [-0.2, 0) is 0 Å². The standard InChI is InChI=1S/C9H9BrF2N2O2/c1-4(2)13-9-6(14(15)16)3-5(10)7(11)8(9)12/h3-4,13H,1-2H3. The van der Waals surface area contributed by atoms with E-state index in [0.717, 1.165) is 6.07 Å². The Morgan fingerprint density at radius 3 is 2.44 bits per heavy atom. The fraction of sp³-hybridized carbons (Fsp3) is 0.333. The van der Waals surface area contributed by atoms with Gasteiger partial charge < -0.3 is 5.32 Å². The van der Waals surface area contributed by atoms with Gasteiger partial charge in [0.2, 0.25) is 0 Å². The molecule has 0 heterocycles. The summed E-state index contributed by atoms with van der Waals surface area (Å²) in [5.41, 5.74) is -0.930. The first-order chi connectivity index (χ1) is 7.34. The minimum absolute atomic E-state index is 0.242. The fourth-order valence-electron chi connectivity index (χ4n) is 1.15. The van der Waals surface area contributed by atoms with Crippen molar-refractivity contribution in [3.8, 4) is 0 Å². The third-order valence-electron chi connectivity index (χ3n) is 1.77. The van der Waals surface area contributed by atoms with Crippen LogP contribution < -0.4 is 5.32 Å². The maximum atomic E-state index is 13.5. The molecule has 1 rings (SSSR count). The van der Waals surface area contributed by atoms with Gasteiger partial charge in [-0.25, -0.2) is 8.78 Å². The summed E-state index contributed by atoms with van der Waals surface area (Å²) in [5, 5.41) is 13.2. The molecule has 4 nitrogen and oxygen atoms in total. The van der Waals surface area contributed by atoms with Gasteiger partial charge in [-0.2, -0.15) is 0 Å². The molecule has 0 aromatic heterocycles. The highest BCUT2D eigenvalue weighted by atomic mass is 79.9. The second kappa shape index (κ2) is 4.73. The van der Waals surface area contributed by atoms with Gasteiger partial charge in [0.05, 0.1) is 9.40 Å². The summed E-state index contributed by atoms with van der Waals surface area (Å²) in [6, 6.07) is 0.692. The second-order valence-corrected chi connectivity index (χ2v) is 4.29. The predicted octanol–water partition coefficient (Wildman–Crippen LogP) is 3.46. The van der Waals surface area contributed by atoms with Gasteiger partial charge in [-0.15, -0.1) is 0 Å². The highest BCUT2D eigenvalue weighted by molar-refractivity contribution is 9.10. The highest BCUT2D eigenvalue weighted by Gasteiger charge is 2.24. The molecule has 1 aromatic rings. The lowest BCUT2D eigenvalue weighted by Gasteiger charge is -2.12. The average molecular weight is 295 g/mol. The lowest BCUT2D eigenvalue weighted by Crippen LogP contribution is -2.13. The van der Waals surface area contributed by atoms with Crippen LogP contribution in [0.3, 0.4) is 0 Å². The van der Waals surface area contributed by atoms with Crippen molar-refractivity contribution in [1.29, 1.82) is 0 Å². The summed E-state index contributed by atoms with van der Waals surface area (Å²) in [6.45, 7) is 3.34. The van der Waals surface area contributed by atoms with Gasteiger partial charge in [-0.1, -0.05) is 0 Å². The molecule has 0 radical (unpaired) electrons. The van der Waals surface area contributed by atoms with Gasteiger partial charge in [-0.05, 0) is 29.8 Å². The molecule has 0 aliphatic rings. The van der Waals surface area contributed by atoms with Gasteiger partial charge in [0, 0.05) is 12.1 Å². The third kappa shape index (κ3) is 2.46. The Labute approximate surface area is 98.9 Å². The summed E-state index contributed by atoms with van der Waals surface area (Å²) < 4.78 is 26.4. The van der Waals surface area contributed by atoms with Gasteiger partial charge in [0.1, 0.15) is 0 Å². The number of hydrogen-bond donors (Lipinski definition) is 1. The van der Waals surface area contributed by atoms with Crippen LogP contribution in [-0.4, -0.2) is 11.0 Å². The first-order valence-corrected chi connectivity index (χ1v) is 5.22. The van der Waals surface area contributed by atoms with Gasteiger partial charge in [0.25, 0.3) is 5.69 Å². The van der Waals surface area contributed by atoms with E-state index in [1.165, 1.54) is 0 Å². The van der Waals surface area contributed by atoms with E-state index < -0.39 is 27.9 Å². The van der Waals surface area contributed by atoms with E-state index in [2.05, 4.69) is 21.2 Å². The van der Waals surface area contributed by atoms with Crippen molar-refractivity contribution in [1.82, 2.24) is 0 Å². The van der Waals surface area contributed by atoms with E-state index >= 15 is 0 Å². The summed E-state index contributed by atoms with van der Waals surface area (Å²) >= 11 is 2.72. The van der Waals surface area contributed by atoms with Crippen LogP contribution in [0.15, 0.2) is 10.5 Å². The van der Waals surface area contributed by atoms with Gasteiger partial charge in [-0.3, -0.25) is 10.1 Å². The molecule has 0 atom stereocenters. The molecule has 0 bridgehead atoms. The number of benzene rings is 1. The molecule has 1 aromatic carbocycles. The lowest BCUT2D eigenvalue weighted by molar-refractivity contribution is -0.384. The first-order valence-electron chi connectivity index (χ1n) is 4.43. The predicted molar refractivity (Wildman–Crippen MR) is 59.5 cm³/mol. The smallest absolute Gasteiger partial charge is 0.296 e. The van der Waals surface area contributed by atoms with Crippen molar-refractivity contribution >= 4 is 27.3 Å². The monoisotopic (exact) mass is 294 g/mol. The molecule has 0 aliphatic heterocycles. The third-order valence-corrected chi connectivity index (χ3v) is 2.35. The Balaban J connectivity index is 3.41. The number of anilines is 1. The number of hydrogen-bond acceptors (Lipinski definition) is 3. The summed E-state index contributed by atoms with van der Waals surface area (Å²) in [4.78, 5) is 9.91. The molecule has 0 unspecified atom stereocenters. The molecular weight excluding hydrogens is 286 g/mol. The van der Waals surface area contributed by atoms with Crippen LogP contribution in [0.4, 0.5) is 20.2 Å². The van der Waals surface area contributed by atoms with Crippen LogP contribution >= 0.6 is 15.9 Å². The Morgan fingerprint density at radius 1 is 1.44 bits per heavy atom. The average Bonchev–Trinajstić information content (AvgIpc) is 2.17. The second-order valence-electron chi connectivity index (χ2n) is 3.44. The summed E-state index contributed by atoms with van der Waals surface area (Å²) in [5.74, 6) is -2.40. The van der Waals surface area contributed by atoms with E-state index in [1.807, 2.05) is 0 Å². The number of nitrogens with one attached hydrogen (secondary N) is 1. The molecule has 0 aliphatic carbocycles. The molecule has 0 spiro atoms. The molecule has 7 heteroatoms. The van der Waals surface area contributed by atoms with Crippen LogP contribution in [0.1, 0.15) is 13.8 Å². The summed E-state index contributed by atoms with van der Waals surface area (Å²) in [6.07, 6.45) is 0. The molecule has 88 valence electrons. The quantitative estimate of drug-likeness (QED) is 0.528. The Morgan fingerprint density at radius 2 is 2.00 bits per heavy atom. The minimum atomic E-state index is -1.25. The number of rotatable bonds is 3. The van der Waals surface area contributed by atoms with E-state index in [4.69, 9.17) is 0 Å². The lowest BCUT2D eigenvalue weighted by atomic mass is 10.2. The molecule has 0 fully saturated rings. The van der Waals surface area contributed by atoms with Gasteiger partial charge in [0.15, 0.2) is 17.3 Å². The normalized spacial score (nSPS) is 10.6. The van der Waals surface area contributed by atoms with Crippen molar-refractivity contribution in [2.75, 3.05) is 5.32 Å². The first kappa shape index (κ1) is 12.8. The van der Waals surface area contributed by atoms with Gasteiger partial charge >= 0.3 is 0 Å². The van der Waals surface area contributed by atoms with Crippen molar-refractivity contribution in [3.63, 3.8) is 0 Å². The van der Waals surface area contributed by atoms with Crippen LogP contribution in [0.2, 0.25) is 0 Å². The van der Waals surface area contributed by atoms with Crippen LogP contribution in [0.5, 0.6) is 0 Å². The summed E-state index contributed by atoms with van der Waals surface area (Å²) in [7, 11) is 0. The minimum Gasteiger partial charge on any atom is -0.375 e. The maximum absolute atomic E-state index is 13.5. The maximum Gasteiger partial charge on any atom is 0.296 e. The van der Waals surface area contributed by atoms with Crippen LogP contribution in [0.25, 0.3) is 0 Å². The zero-order valence-corrected chi connectivity index (χ0v) is 10.1. The molecule has 1 N–H and O–H groups in total. The topological polar surface area (TPSA) is 55.2 Å². The fourth-order valence-corrected chi connectivity index (χ4v) is 1.54. The largest absolute Gasteiger partial charge is 0.375 e. The molecule has 0 amide bonds. The van der Waals surface area contributed by atoms with E-state index in [9.17, 15) is 18.9 Å². The van der Waals surface area contributed by atoms with Crippen molar-refractivity contribution in [2.24, 2.45) is 0 Å². The van der Waals surface area contributed by atoms with Crippen LogP contribution in [0, 0.1) is 21.7 Å². The Hall–Kier alpha value is -1.24. The van der Waals surface area contributed by atoms with Crippen molar-refractivity contribution < 1.29 is 13.7 Å². The number of nitro benzene ring substituents is 1. The molecular formula is C9H9BrF2N2O2. The van der Waals surface area contributed by atoms with Crippen molar-refractivity contribution in [3.05, 3.63) is 32.3 Å². The zero-order chi connectivity index (χ0) is 12.5. The Kier molecular flexibility index (Phi) is 3.79. The molecule has 0 saturated heterocycles.